The van der Waals surface area contributed by atoms with Gasteiger partial charge in [0.25, 0.3) is 5.91 Å². The van der Waals surface area contributed by atoms with Gasteiger partial charge in [-0.15, -0.1) is 0 Å². The van der Waals surface area contributed by atoms with Gasteiger partial charge in [-0.25, -0.2) is 0 Å². The van der Waals surface area contributed by atoms with Gasteiger partial charge in [-0.3, -0.25) is 9.59 Å². The number of rotatable bonds is 6. The van der Waals surface area contributed by atoms with E-state index >= 15 is 0 Å². The average Bonchev–Trinajstić information content (AvgIpc) is 2.40. The molecule has 1 fully saturated rings. The first-order valence-corrected chi connectivity index (χ1v) is 6.89. The van der Waals surface area contributed by atoms with Crippen LogP contribution in [0.15, 0.2) is 11.8 Å². The number of nitrogens with one attached hydrogen (secondary N) is 1. The highest BCUT2D eigenvalue weighted by atomic mass is 16.4. The van der Waals surface area contributed by atoms with Crippen LogP contribution in [-0.4, -0.2) is 41.5 Å². The Morgan fingerprint density at radius 3 is 2.90 bits per heavy atom. The highest BCUT2D eigenvalue weighted by molar-refractivity contribution is 5.97. The Labute approximate surface area is 119 Å². The second kappa shape index (κ2) is 8.20. The van der Waals surface area contributed by atoms with Crippen LogP contribution in [0.3, 0.4) is 0 Å². The molecule has 6 nitrogen and oxygen atoms in total. The van der Waals surface area contributed by atoms with Crippen molar-refractivity contribution < 1.29 is 14.7 Å². The first kappa shape index (κ1) is 16.0. The summed E-state index contributed by atoms with van der Waals surface area (Å²) in [7, 11) is 0. The minimum atomic E-state index is -0.891. The first-order valence-electron chi connectivity index (χ1n) is 6.89. The van der Waals surface area contributed by atoms with Crippen molar-refractivity contribution in [1.82, 2.24) is 10.2 Å². The van der Waals surface area contributed by atoms with Crippen LogP contribution in [0.2, 0.25) is 0 Å². The number of carboxylic acids is 1. The molecule has 0 bridgehead atoms. The van der Waals surface area contributed by atoms with Crippen LogP contribution in [0.4, 0.5) is 0 Å². The molecule has 20 heavy (non-hydrogen) atoms. The Morgan fingerprint density at radius 1 is 1.55 bits per heavy atom. The number of hydrogen-bond donors (Lipinski definition) is 2. The van der Waals surface area contributed by atoms with Gasteiger partial charge in [0.2, 0.25) is 0 Å². The highest BCUT2D eigenvalue weighted by Crippen LogP contribution is 2.16. The lowest BCUT2D eigenvalue weighted by atomic mass is 10.0. The smallest absolute Gasteiger partial charge is 0.303 e. The predicted octanol–water partition coefficient (Wildman–Crippen LogP) is 1.11. The van der Waals surface area contributed by atoms with Crippen LogP contribution in [-0.2, 0) is 9.59 Å². The van der Waals surface area contributed by atoms with E-state index in [4.69, 9.17) is 10.4 Å². The molecular weight excluding hydrogens is 258 g/mol. The lowest BCUT2D eigenvalue weighted by Crippen LogP contribution is -2.32. The lowest BCUT2D eigenvalue weighted by Gasteiger charge is -2.29. The Balaban J connectivity index is 2.46. The van der Waals surface area contributed by atoms with E-state index in [1.807, 2.05) is 11.0 Å². The zero-order valence-corrected chi connectivity index (χ0v) is 11.8. The van der Waals surface area contributed by atoms with Crippen LogP contribution in [0.1, 0.15) is 32.6 Å². The SMILES string of the molecule is CC1CCCN(/C=C(/C#N)C(=O)NCCCC(=O)O)C1. The molecule has 0 radical (unpaired) electrons. The van der Waals surface area contributed by atoms with E-state index in [9.17, 15) is 9.59 Å². The molecule has 1 atom stereocenters. The topological polar surface area (TPSA) is 93.4 Å². The van der Waals surface area contributed by atoms with E-state index < -0.39 is 11.9 Å². The standard InChI is InChI=1S/C14H21N3O3/c1-11-4-3-7-17(9-11)10-12(8-15)14(20)16-6-2-5-13(18)19/h10-11H,2-7,9H2,1H3,(H,16,20)(H,18,19)/b12-10-. The molecule has 6 heteroatoms. The molecule has 0 aromatic rings. The van der Waals surface area contributed by atoms with Crippen LogP contribution < -0.4 is 5.32 Å². The zero-order chi connectivity index (χ0) is 15.0. The molecule has 0 spiro atoms. The number of carboxylic acid groups (broad SMARTS) is 1. The minimum absolute atomic E-state index is 0.00945. The Bertz CT molecular complexity index is 426. The van der Waals surface area contributed by atoms with Crippen molar-refractivity contribution in [3.63, 3.8) is 0 Å². The van der Waals surface area contributed by atoms with Crippen molar-refractivity contribution in [1.29, 1.82) is 5.26 Å². The fourth-order valence-corrected chi connectivity index (χ4v) is 2.20. The normalized spacial score (nSPS) is 19.3. The van der Waals surface area contributed by atoms with Gasteiger partial charge in [0.1, 0.15) is 11.6 Å². The van der Waals surface area contributed by atoms with Gasteiger partial charge in [0.15, 0.2) is 0 Å². The summed E-state index contributed by atoms with van der Waals surface area (Å²) in [6, 6.07) is 1.90. The van der Waals surface area contributed by atoms with Crippen LogP contribution in [0.25, 0.3) is 0 Å². The van der Waals surface area contributed by atoms with E-state index in [0.29, 0.717) is 12.3 Å². The van der Waals surface area contributed by atoms with Crippen LogP contribution in [0.5, 0.6) is 0 Å². The second-order valence-electron chi connectivity index (χ2n) is 5.15. The summed E-state index contributed by atoms with van der Waals surface area (Å²) in [5.74, 6) is -0.757. The predicted molar refractivity (Wildman–Crippen MR) is 73.5 cm³/mol. The van der Waals surface area contributed by atoms with Gasteiger partial charge in [0.05, 0.1) is 0 Å². The number of aliphatic carboxylic acids is 1. The maximum Gasteiger partial charge on any atom is 0.303 e. The summed E-state index contributed by atoms with van der Waals surface area (Å²) < 4.78 is 0. The van der Waals surface area contributed by atoms with Crippen molar-refractivity contribution in [2.75, 3.05) is 19.6 Å². The van der Waals surface area contributed by atoms with Gasteiger partial charge >= 0.3 is 5.97 Å². The molecule has 0 aromatic heterocycles. The van der Waals surface area contributed by atoms with Gasteiger partial charge in [-0.1, -0.05) is 6.92 Å². The number of carbonyl (C=O) groups excluding carboxylic acids is 1. The fourth-order valence-electron chi connectivity index (χ4n) is 2.20. The molecule has 1 aliphatic rings. The van der Waals surface area contributed by atoms with Gasteiger partial charge in [-0.2, -0.15) is 5.26 Å². The first-order chi connectivity index (χ1) is 9.52. The van der Waals surface area contributed by atoms with E-state index in [-0.39, 0.29) is 18.5 Å². The number of hydrogen-bond acceptors (Lipinski definition) is 4. The molecule has 1 rings (SSSR count). The quantitative estimate of drug-likeness (QED) is 0.431. The Kier molecular flexibility index (Phi) is 6.57. The van der Waals surface area contributed by atoms with Crippen molar-refractivity contribution >= 4 is 11.9 Å². The summed E-state index contributed by atoms with van der Waals surface area (Å²) in [6.07, 6.45) is 4.22. The molecule has 1 amide bonds. The van der Waals surface area contributed by atoms with E-state index in [1.165, 1.54) is 6.42 Å². The zero-order valence-electron chi connectivity index (χ0n) is 11.8. The molecule has 1 unspecified atom stereocenters. The summed E-state index contributed by atoms with van der Waals surface area (Å²) in [4.78, 5) is 24.1. The molecule has 1 heterocycles. The van der Waals surface area contributed by atoms with Crippen molar-refractivity contribution in [3.8, 4) is 6.07 Å². The summed E-state index contributed by atoms with van der Waals surface area (Å²) in [5.41, 5.74) is 0.0782. The van der Waals surface area contributed by atoms with Crippen molar-refractivity contribution in [2.24, 2.45) is 5.92 Å². The number of nitriles is 1. The fraction of sp³-hybridized carbons (Fsp3) is 0.643. The third-order valence-corrected chi connectivity index (χ3v) is 3.22. The average molecular weight is 279 g/mol. The van der Waals surface area contributed by atoms with Gasteiger partial charge in [-0.05, 0) is 25.2 Å². The van der Waals surface area contributed by atoms with E-state index in [1.54, 1.807) is 6.20 Å². The molecule has 110 valence electrons. The number of piperidine rings is 1. The monoisotopic (exact) mass is 279 g/mol. The second-order valence-corrected chi connectivity index (χ2v) is 5.15. The summed E-state index contributed by atoms with van der Waals surface area (Å²) >= 11 is 0. The molecule has 0 saturated carbocycles. The Hall–Kier alpha value is -2.03. The molecule has 0 aromatic carbocycles. The lowest BCUT2D eigenvalue weighted by molar-refractivity contribution is -0.137. The van der Waals surface area contributed by atoms with Crippen LogP contribution >= 0.6 is 0 Å². The third kappa shape index (κ3) is 5.74. The van der Waals surface area contributed by atoms with Gasteiger partial charge < -0.3 is 15.3 Å². The molecule has 1 aliphatic heterocycles. The van der Waals surface area contributed by atoms with Crippen molar-refractivity contribution in [2.45, 2.75) is 32.6 Å². The third-order valence-electron chi connectivity index (χ3n) is 3.22. The molecule has 1 saturated heterocycles. The molecule has 0 aliphatic carbocycles. The summed E-state index contributed by atoms with van der Waals surface area (Å²) in [6.45, 7) is 4.14. The number of nitrogens with zero attached hydrogens (tertiary/aromatic N) is 2. The van der Waals surface area contributed by atoms with Crippen molar-refractivity contribution in [3.05, 3.63) is 11.8 Å². The molecule has 2 N–H and O–H groups in total. The molecular formula is C14H21N3O3. The van der Waals surface area contributed by atoms with Gasteiger partial charge in [0, 0.05) is 32.3 Å². The summed E-state index contributed by atoms with van der Waals surface area (Å²) in [5, 5.41) is 20.1. The highest BCUT2D eigenvalue weighted by Gasteiger charge is 2.16. The van der Waals surface area contributed by atoms with E-state index in [0.717, 1.165) is 19.5 Å². The van der Waals surface area contributed by atoms with E-state index in [2.05, 4.69) is 12.2 Å². The number of likely N-dealkylation sites (tertiary alicyclic amines) is 1. The number of amides is 1. The maximum absolute atomic E-state index is 11.8. The largest absolute Gasteiger partial charge is 0.481 e. The Morgan fingerprint density at radius 2 is 2.30 bits per heavy atom. The number of carbonyl (C=O) groups is 2. The van der Waals surface area contributed by atoms with Crippen LogP contribution in [0, 0.1) is 17.2 Å². The minimum Gasteiger partial charge on any atom is -0.481 e. The maximum atomic E-state index is 11.8.